The fourth-order valence-corrected chi connectivity index (χ4v) is 4.79. The van der Waals surface area contributed by atoms with Crippen LogP contribution in [0.25, 0.3) is 0 Å². The zero-order valence-electron chi connectivity index (χ0n) is 23.3. The molecular formula is C32H41N5O2. The minimum Gasteiger partial charge on any atom is -0.497 e. The molecule has 1 aromatic heterocycles. The number of nitrogens with one attached hydrogen (secondary N) is 3. The van der Waals surface area contributed by atoms with Crippen LogP contribution in [0, 0.1) is 0 Å². The van der Waals surface area contributed by atoms with E-state index in [1.807, 2.05) is 36.5 Å². The van der Waals surface area contributed by atoms with Crippen molar-refractivity contribution in [3.63, 3.8) is 0 Å². The zero-order chi connectivity index (χ0) is 27.5. The number of ether oxygens (including phenoxy) is 2. The largest absolute Gasteiger partial charge is 0.497 e. The molecule has 206 valence electrons. The Kier molecular flexibility index (Phi) is 9.86. The van der Waals surface area contributed by atoms with Crippen LogP contribution in [0.15, 0.2) is 96.2 Å². The highest BCUT2D eigenvalue weighted by atomic mass is 16.5. The van der Waals surface area contributed by atoms with Gasteiger partial charge in [-0.3, -0.25) is 10.3 Å². The smallest absolute Gasteiger partial charge is 0.135 e. The van der Waals surface area contributed by atoms with E-state index in [2.05, 4.69) is 64.3 Å². The molecule has 39 heavy (non-hydrogen) atoms. The van der Waals surface area contributed by atoms with Crippen LogP contribution >= 0.6 is 0 Å². The lowest BCUT2D eigenvalue weighted by atomic mass is 9.90. The van der Waals surface area contributed by atoms with Crippen molar-refractivity contribution in [1.29, 1.82) is 0 Å². The van der Waals surface area contributed by atoms with Crippen molar-refractivity contribution in [3.05, 3.63) is 113 Å². The Morgan fingerprint density at radius 1 is 0.872 bits per heavy atom. The lowest BCUT2D eigenvalue weighted by Gasteiger charge is -2.42. The molecule has 2 heterocycles. The van der Waals surface area contributed by atoms with Crippen LogP contribution in [0.4, 0.5) is 0 Å². The van der Waals surface area contributed by atoms with Crippen molar-refractivity contribution in [2.75, 3.05) is 14.2 Å². The van der Waals surface area contributed by atoms with Crippen LogP contribution in [0.5, 0.6) is 11.5 Å². The summed E-state index contributed by atoms with van der Waals surface area (Å²) in [5.41, 5.74) is 12.6. The zero-order valence-corrected chi connectivity index (χ0v) is 23.3. The maximum Gasteiger partial charge on any atom is 0.135 e. The van der Waals surface area contributed by atoms with Gasteiger partial charge in [0.1, 0.15) is 17.2 Å². The fourth-order valence-electron chi connectivity index (χ4n) is 4.79. The van der Waals surface area contributed by atoms with Crippen LogP contribution in [-0.2, 0) is 19.5 Å². The number of hydrogen-bond donors (Lipinski definition) is 4. The van der Waals surface area contributed by atoms with E-state index in [1.165, 1.54) is 18.5 Å². The van der Waals surface area contributed by atoms with Crippen molar-refractivity contribution in [2.45, 2.75) is 57.8 Å². The van der Waals surface area contributed by atoms with Gasteiger partial charge >= 0.3 is 0 Å². The van der Waals surface area contributed by atoms with Gasteiger partial charge in [-0.15, -0.1) is 0 Å². The maximum atomic E-state index is 7.04. The molecule has 1 aliphatic heterocycles. The van der Waals surface area contributed by atoms with Gasteiger partial charge in [0, 0.05) is 37.6 Å². The molecule has 5 N–H and O–H groups in total. The van der Waals surface area contributed by atoms with E-state index in [9.17, 15) is 0 Å². The number of pyridine rings is 1. The van der Waals surface area contributed by atoms with Crippen molar-refractivity contribution in [2.24, 2.45) is 5.73 Å². The number of rotatable bonds is 14. The topological polar surface area (TPSA) is 93.5 Å². The molecule has 1 aliphatic rings. The fraction of sp³-hybridized carbons (Fsp3) is 0.344. The van der Waals surface area contributed by atoms with Gasteiger partial charge in [-0.2, -0.15) is 0 Å². The standard InChI is InChI=1S/C32H41N5O2/c1-4-5-6-9-27-19-30(35-22-26-8-7-18-34-21-26)31(33)32(37-27,20-24-10-14-28(38-2)15-11-24)36-23-25-12-16-29(39-3)17-13-25/h7-8,10-19,21,35-37H,4-6,9,20,22-23,33H2,1-3H3. The molecule has 4 rings (SSSR count). The van der Waals surface area contributed by atoms with E-state index in [0.717, 1.165) is 52.4 Å². The summed E-state index contributed by atoms with van der Waals surface area (Å²) < 4.78 is 10.7. The van der Waals surface area contributed by atoms with Gasteiger partial charge in [-0.1, -0.05) is 50.1 Å². The summed E-state index contributed by atoms with van der Waals surface area (Å²) in [6.45, 7) is 3.50. The highest BCUT2D eigenvalue weighted by molar-refractivity contribution is 5.41. The summed E-state index contributed by atoms with van der Waals surface area (Å²) in [5, 5.41) is 11.2. The molecule has 2 aromatic carbocycles. The number of hydrogen-bond acceptors (Lipinski definition) is 7. The predicted molar refractivity (Wildman–Crippen MR) is 157 cm³/mol. The highest BCUT2D eigenvalue weighted by Crippen LogP contribution is 2.28. The molecule has 0 aliphatic carbocycles. The second-order valence-electron chi connectivity index (χ2n) is 9.93. The van der Waals surface area contributed by atoms with Gasteiger partial charge in [0.25, 0.3) is 0 Å². The minimum atomic E-state index is -0.692. The van der Waals surface area contributed by atoms with E-state index in [4.69, 9.17) is 15.2 Å². The molecule has 0 bridgehead atoms. The Hall–Kier alpha value is -3.97. The molecular weight excluding hydrogens is 486 g/mol. The van der Waals surface area contributed by atoms with Crippen molar-refractivity contribution < 1.29 is 9.47 Å². The van der Waals surface area contributed by atoms with Gasteiger partial charge in [0.15, 0.2) is 0 Å². The first-order valence-electron chi connectivity index (χ1n) is 13.7. The number of nitrogens with two attached hydrogens (primary N) is 1. The molecule has 0 saturated heterocycles. The lowest BCUT2D eigenvalue weighted by molar-refractivity contribution is 0.307. The Morgan fingerprint density at radius 3 is 2.18 bits per heavy atom. The number of aromatic nitrogens is 1. The number of dihydropyridines is 1. The van der Waals surface area contributed by atoms with Gasteiger partial charge in [-0.25, -0.2) is 0 Å². The number of unbranched alkanes of at least 4 members (excludes halogenated alkanes) is 2. The summed E-state index contributed by atoms with van der Waals surface area (Å²) in [6.07, 6.45) is 10.9. The third kappa shape index (κ3) is 7.54. The Balaban J connectivity index is 1.67. The summed E-state index contributed by atoms with van der Waals surface area (Å²) in [4.78, 5) is 4.26. The van der Waals surface area contributed by atoms with Crippen molar-refractivity contribution >= 4 is 0 Å². The molecule has 3 aromatic rings. The second-order valence-corrected chi connectivity index (χ2v) is 9.93. The molecule has 1 unspecified atom stereocenters. The van der Waals surface area contributed by atoms with Gasteiger partial charge in [0.05, 0.1) is 25.6 Å². The number of benzene rings is 2. The van der Waals surface area contributed by atoms with Crippen molar-refractivity contribution in [1.82, 2.24) is 20.9 Å². The number of nitrogens with zero attached hydrogens (tertiary/aromatic N) is 1. The molecule has 0 saturated carbocycles. The maximum absolute atomic E-state index is 7.04. The summed E-state index contributed by atoms with van der Waals surface area (Å²) in [7, 11) is 3.37. The first kappa shape index (κ1) is 28.0. The Labute approximate surface area is 232 Å². The van der Waals surface area contributed by atoms with E-state index < -0.39 is 5.66 Å². The second kappa shape index (κ2) is 13.7. The van der Waals surface area contributed by atoms with Gasteiger partial charge < -0.3 is 25.8 Å². The summed E-state index contributed by atoms with van der Waals surface area (Å²) in [6, 6.07) is 20.3. The average molecular weight is 528 g/mol. The molecule has 7 nitrogen and oxygen atoms in total. The quantitative estimate of drug-likeness (QED) is 0.215. The molecule has 0 amide bonds. The Bertz CT molecular complexity index is 1240. The van der Waals surface area contributed by atoms with E-state index >= 15 is 0 Å². The molecule has 7 heteroatoms. The first-order chi connectivity index (χ1) is 19.0. The van der Waals surface area contributed by atoms with E-state index in [0.29, 0.717) is 19.5 Å². The van der Waals surface area contributed by atoms with Gasteiger partial charge in [-0.05, 0) is 65.9 Å². The minimum absolute atomic E-state index is 0.631. The lowest BCUT2D eigenvalue weighted by Crippen LogP contribution is -2.63. The van der Waals surface area contributed by atoms with Crippen LogP contribution in [0.1, 0.15) is 49.3 Å². The molecule has 0 spiro atoms. The van der Waals surface area contributed by atoms with Crippen LogP contribution in [-0.4, -0.2) is 24.9 Å². The Morgan fingerprint density at radius 2 is 1.56 bits per heavy atom. The van der Waals surface area contributed by atoms with Crippen LogP contribution < -0.4 is 31.2 Å². The van der Waals surface area contributed by atoms with E-state index in [-0.39, 0.29) is 0 Å². The molecule has 1 atom stereocenters. The number of allylic oxidation sites excluding steroid dienone is 2. The van der Waals surface area contributed by atoms with Crippen LogP contribution in [0.2, 0.25) is 0 Å². The highest BCUT2D eigenvalue weighted by Gasteiger charge is 2.38. The first-order valence-corrected chi connectivity index (χ1v) is 13.7. The average Bonchev–Trinajstić information content (AvgIpc) is 2.98. The summed E-state index contributed by atoms with van der Waals surface area (Å²) >= 11 is 0. The van der Waals surface area contributed by atoms with Crippen LogP contribution in [0.3, 0.4) is 0 Å². The third-order valence-electron chi connectivity index (χ3n) is 7.08. The molecule has 0 radical (unpaired) electrons. The molecule has 0 fully saturated rings. The van der Waals surface area contributed by atoms with Crippen molar-refractivity contribution in [3.8, 4) is 11.5 Å². The summed E-state index contributed by atoms with van der Waals surface area (Å²) in [5.74, 6) is 1.67. The number of methoxy groups -OCH3 is 2. The monoisotopic (exact) mass is 527 g/mol. The normalized spacial score (nSPS) is 16.8. The predicted octanol–water partition coefficient (Wildman–Crippen LogP) is 5.15. The van der Waals surface area contributed by atoms with Gasteiger partial charge in [0.2, 0.25) is 0 Å². The SMILES string of the molecule is CCCCCC1=CC(NCc2cccnc2)=C(N)C(Cc2ccc(OC)cc2)(NCc2ccc(OC)cc2)N1. The van der Waals surface area contributed by atoms with E-state index in [1.54, 1.807) is 20.4 Å². The third-order valence-corrected chi connectivity index (χ3v) is 7.08.